The summed E-state index contributed by atoms with van der Waals surface area (Å²) in [6, 6.07) is 40.7. The molecule has 0 unspecified atom stereocenters. The molecule has 1 radical (unpaired) electrons. The summed E-state index contributed by atoms with van der Waals surface area (Å²) in [6.45, 7) is 21.8. The predicted molar refractivity (Wildman–Crippen MR) is 259 cm³/mol. The zero-order chi connectivity index (χ0) is 44.3. The number of carbonyl (C=O) groups is 2. The Hall–Kier alpha value is -3.43. The summed E-state index contributed by atoms with van der Waals surface area (Å²) >= 11 is -0.826. The molecule has 0 heterocycles. The van der Waals surface area contributed by atoms with Gasteiger partial charge in [0.2, 0.25) is 11.8 Å². The number of aryl methyl sites for hydroxylation is 2. The maximum atomic E-state index is 10.6. The molecule has 6 rings (SSSR count). The van der Waals surface area contributed by atoms with E-state index in [9.17, 15) is 9.59 Å². The Bertz CT molecular complexity index is 2070. The Labute approximate surface area is 381 Å². The van der Waals surface area contributed by atoms with E-state index in [0.717, 1.165) is 0 Å². The second kappa shape index (κ2) is 25.5. The molecule has 0 atom stereocenters. The van der Waals surface area contributed by atoms with E-state index in [4.69, 9.17) is 17.0 Å². The van der Waals surface area contributed by atoms with E-state index in [2.05, 4.69) is 175 Å². The Morgan fingerprint density at radius 1 is 0.567 bits per heavy atom. The van der Waals surface area contributed by atoms with Crippen LogP contribution < -0.4 is 10.5 Å². The molecule has 0 saturated carbocycles. The molecule has 0 aromatic heterocycles. The van der Waals surface area contributed by atoms with Crippen molar-refractivity contribution >= 4 is 57.9 Å². The number of rotatable bonds is 12. The van der Waals surface area contributed by atoms with E-state index in [1.807, 2.05) is 0 Å². The minimum absolute atomic E-state index is 0.110. The van der Waals surface area contributed by atoms with Crippen molar-refractivity contribution in [1.29, 1.82) is 0 Å². The second-order valence-corrected chi connectivity index (χ2v) is 20.9. The Morgan fingerprint density at radius 3 is 1.25 bits per heavy atom. The molecule has 0 aliphatic carbocycles. The van der Waals surface area contributed by atoms with Gasteiger partial charge >= 0.3 is 45.4 Å². The number of hydrogen-bond acceptors (Lipinski definition) is 2. The molecule has 6 aromatic rings. The van der Waals surface area contributed by atoms with Crippen LogP contribution in [0.4, 0.5) is 0 Å². The third kappa shape index (κ3) is 15.5. The Morgan fingerprint density at radius 2 is 0.917 bits per heavy atom. The number of nitrogens with one attached hydrogen (secondary N) is 2. The quantitative estimate of drug-likeness (QED) is 0.0949. The van der Waals surface area contributed by atoms with Gasteiger partial charge in [-0.2, -0.15) is 12.1 Å². The molecule has 4 nitrogen and oxygen atoms in total. The van der Waals surface area contributed by atoms with E-state index < -0.39 is 20.8 Å². The average molecular weight is 924 g/mol. The molecule has 0 aliphatic rings. The van der Waals surface area contributed by atoms with Gasteiger partial charge in [0, 0.05) is 12.8 Å². The molecule has 2 N–H and O–H groups in total. The van der Waals surface area contributed by atoms with Gasteiger partial charge in [0.1, 0.15) is 0 Å². The summed E-state index contributed by atoms with van der Waals surface area (Å²) in [5.74, 6) is -0.220. The molecule has 60 heavy (non-hydrogen) atoms. The van der Waals surface area contributed by atoms with Gasteiger partial charge in [0.05, 0.1) is 0 Å². The van der Waals surface area contributed by atoms with E-state index in [0.29, 0.717) is 12.8 Å². The summed E-state index contributed by atoms with van der Waals surface area (Å²) in [6.07, 6.45) is 8.24. The van der Waals surface area contributed by atoms with Crippen molar-refractivity contribution in [2.75, 3.05) is 0 Å². The van der Waals surface area contributed by atoms with Crippen LogP contribution >= 0.6 is 17.0 Å². The van der Waals surface area contributed by atoms with Crippen molar-refractivity contribution in [1.82, 2.24) is 10.5 Å². The molecule has 2 amide bonds. The van der Waals surface area contributed by atoms with Gasteiger partial charge in [-0.15, -0.1) is 69.1 Å². The van der Waals surface area contributed by atoms with Gasteiger partial charge in [0.25, 0.3) is 0 Å². The van der Waals surface area contributed by atoms with Crippen LogP contribution in [0.15, 0.2) is 109 Å². The van der Waals surface area contributed by atoms with E-state index in [1.165, 1.54) is 112 Å². The first-order valence-electron chi connectivity index (χ1n) is 21.6. The van der Waals surface area contributed by atoms with Gasteiger partial charge in [-0.3, -0.25) is 9.59 Å². The van der Waals surface area contributed by atoms with Crippen LogP contribution in [0.25, 0.3) is 43.8 Å². The van der Waals surface area contributed by atoms with Crippen LogP contribution in [-0.4, -0.2) is 19.4 Å². The van der Waals surface area contributed by atoms with E-state index >= 15 is 0 Å². The molecule has 0 saturated heterocycles. The van der Waals surface area contributed by atoms with Crippen molar-refractivity contribution < 1.29 is 30.4 Å². The SMILES string of the molecule is CCC(=O)N[B]NC(=O)CC.CCCCc1cc2c(-c3ccccc3C(C)(C)C)cccc2[cH-]1.CCCCc1cc2c(-c3ccccc3C(C)(C)C)cccc2[cH-]1.[Cl][Zr+2][Cl]. The number of carbonyl (C=O) groups excluding carboxylic acids is 2. The number of unbranched alkanes of at least 4 members (excludes halogenated alkanes) is 2. The molecule has 0 fully saturated rings. The monoisotopic (exact) mass is 921 g/mol. The zero-order valence-corrected chi connectivity index (χ0v) is 41.7. The van der Waals surface area contributed by atoms with Crippen LogP contribution in [-0.2, 0) is 54.1 Å². The van der Waals surface area contributed by atoms with Crippen LogP contribution in [0, 0.1) is 0 Å². The topological polar surface area (TPSA) is 58.2 Å². The van der Waals surface area contributed by atoms with Crippen LogP contribution in [0.2, 0.25) is 0 Å². The number of hydrogen-bond donors (Lipinski definition) is 2. The minimum atomic E-state index is -0.826. The molecule has 8 heteroatoms. The van der Waals surface area contributed by atoms with Crippen molar-refractivity contribution in [2.24, 2.45) is 0 Å². The number of halogens is 2. The third-order valence-electron chi connectivity index (χ3n) is 10.4. The number of fused-ring (bicyclic) bond motifs is 2. The van der Waals surface area contributed by atoms with Crippen LogP contribution in [0.3, 0.4) is 0 Å². The number of amides is 2. The summed E-state index contributed by atoms with van der Waals surface area (Å²) in [5.41, 5.74) is 11.6. The Kier molecular flexibility index (Phi) is 21.6. The third-order valence-corrected chi connectivity index (χ3v) is 10.4. The molecule has 317 valence electrons. The summed E-state index contributed by atoms with van der Waals surface area (Å²) in [4.78, 5) is 21.2. The Balaban J connectivity index is 0.000000247. The van der Waals surface area contributed by atoms with Crippen LogP contribution in [0.5, 0.6) is 0 Å². The standard InChI is InChI=1S/2C23H27.C6H12BN2O2.2ClH.Zr/c2*1-5-6-10-17-15-18-11-9-13-19(21(18)16-17)20-12-7-8-14-22(20)23(2,3)4;1-3-5(10)8-7-9-6(11)4-2;;;/h2*7-9,11-16H,5-6,10H2,1-4H3;3-4H2,1-2H3,(H,8,10)(H,9,11);2*1H;/q2*-1;;;;+4/p-2. The van der Waals surface area contributed by atoms with Gasteiger partial charge in [0.15, 0.2) is 0 Å². The summed E-state index contributed by atoms with van der Waals surface area (Å²) < 4.78 is 0. The van der Waals surface area contributed by atoms with Crippen LogP contribution in [0.1, 0.15) is 130 Å². The first-order valence-corrected chi connectivity index (χ1v) is 27.9. The van der Waals surface area contributed by atoms with Crippen molar-refractivity contribution in [3.8, 4) is 22.3 Å². The molecular formula is C52H66BCl2N2O2Zr. The normalized spacial score (nSPS) is 10.9. The maximum absolute atomic E-state index is 10.6. The van der Waals surface area contributed by atoms with Crippen molar-refractivity contribution in [2.45, 2.75) is 131 Å². The predicted octanol–water partition coefficient (Wildman–Crippen LogP) is 14.7. The van der Waals surface area contributed by atoms with Gasteiger partial charge in [-0.25, -0.2) is 0 Å². The zero-order valence-electron chi connectivity index (χ0n) is 37.7. The second-order valence-electron chi connectivity index (χ2n) is 17.2. The average Bonchev–Trinajstić information content (AvgIpc) is 3.86. The van der Waals surface area contributed by atoms with E-state index in [1.54, 1.807) is 13.8 Å². The first kappa shape index (κ1) is 50.9. The summed E-state index contributed by atoms with van der Waals surface area (Å²) in [7, 11) is 11.1. The summed E-state index contributed by atoms with van der Waals surface area (Å²) in [5, 5.41) is 10.3. The molecule has 0 bridgehead atoms. The molecule has 6 aromatic carbocycles. The van der Waals surface area contributed by atoms with Crippen molar-refractivity contribution in [3.63, 3.8) is 0 Å². The van der Waals surface area contributed by atoms with E-state index in [-0.39, 0.29) is 22.6 Å². The van der Waals surface area contributed by atoms with Gasteiger partial charge < -0.3 is 10.5 Å². The number of benzene rings is 4. The fraction of sp³-hybridized carbons (Fsp3) is 0.385. The fourth-order valence-corrected chi connectivity index (χ4v) is 7.26. The molecular weight excluding hydrogens is 858 g/mol. The van der Waals surface area contributed by atoms with Gasteiger partial charge in [-0.1, -0.05) is 167 Å². The van der Waals surface area contributed by atoms with Gasteiger partial charge in [-0.05, 0) is 45.9 Å². The fourth-order valence-electron chi connectivity index (χ4n) is 7.26. The molecule has 0 spiro atoms. The first-order chi connectivity index (χ1) is 28.6. The molecule has 0 aliphatic heterocycles. The van der Waals surface area contributed by atoms with Crippen molar-refractivity contribution in [3.05, 3.63) is 131 Å².